The van der Waals surface area contributed by atoms with Crippen LogP contribution in [0, 0.1) is 0 Å². The summed E-state index contributed by atoms with van der Waals surface area (Å²) in [6.07, 6.45) is 0.778. The number of rotatable bonds is 4. The first kappa shape index (κ1) is 12.6. The predicted molar refractivity (Wildman–Crippen MR) is 69.3 cm³/mol. The Balaban J connectivity index is 1.61. The molecule has 0 N–H and O–H groups in total. The van der Waals surface area contributed by atoms with Crippen LogP contribution in [0.5, 0.6) is 0 Å². The maximum atomic E-state index is 13.6. The monoisotopic (exact) mass is 263 g/mol. The third-order valence-electron chi connectivity index (χ3n) is 4.14. The van der Waals surface area contributed by atoms with E-state index in [0.29, 0.717) is 26.1 Å². The van der Waals surface area contributed by atoms with Gasteiger partial charge in [0.15, 0.2) is 0 Å². The quantitative estimate of drug-likeness (QED) is 0.834. The van der Waals surface area contributed by atoms with E-state index in [2.05, 4.69) is 0 Å². The SMILES string of the molecule is O=C1CC[C@]2(COCc3ccccc3)CC(F)CN12. The number of amides is 1. The molecule has 0 spiro atoms. The van der Waals surface area contributed by atoms with Crippen LogP contribution in [0.4, 0.5) is 4.39 Å². The summed E-state index contributed by atoms with van der Waals surface area (Å²) in [5.74, 6) is 0.0726. The predicted octanol–water partition coefficient (Wildman–Crippen LogP) is 2.31. The van der Waals surface area contributed by atoms with Crippen LogP contribution in [0.3, 0.4) is 0 Å². The minimum atomic E-state index is -0.899. The van der Waals surface area contributed by atoms with Gasteiger partial charge in [0.25, 0.3) is 0 Å². The van der Waals surface area contributed by atoms with Crippen molar-refractivity contribution in [3.05, 3.63) is 35.9 Å². The Hall–Kier alpha value is -1.42. The van der Waals surface area contributed by atoms with Gasteiger partial charge in [-0.05, 0) is 12.0 Å². The van der Waals surface area contributed by atoms with E-state index in [1.807, 2.05) is 30.3 Å². The summed E-state index contributed by atoms with van der Waals surface area (Å²) in [5, 5.41) is 0. The normalized spacial score (nSPS) is 29.8. The minimum absolute atomic E-state index is 0.0726. The second-order valence-corrected chi connectivity index (χ2v) is 5.51. The first-order valence-electron chi connectivity index (χ1n) is 6.76. The van der Waals surface area contributed by atoms with Crippen LogP contribution in [0.2, 0.25) is 0 Å². The number of nitrogens with zero attached hydrogens (tertiary/aromatic N) is 1. The Labute approximate surface area is 112 Å². The van der Waals surface area contributed by atoms with E-state index in [9.17, 15) is 9.18 Å². The topological polar surface area (TPSA) is 29.5 Å². The summed E-state index contributed by atoms with van der Waals surface area (Å²) < 4.78 is 19.3. The van der Waals surface area contributed by atoms with E-state index < -0.39 is 6.17 Å². The van der Waals surface area contributed by atoms with Crippen molar-refractivity contribution in [3.8, 4) is 0 Å². The molecular formula is C15H18FNO2. The zero-order valence-corrected chi connectivity index (χ0v) is 10.8. The lowest BCUT2D eigenvalue weighted by molar-refractivity contribution is -0.131. The molecule has 2 aliphatic rings. The van der Waals surface area contributed by atoms with Crippen LogP contribution in [0.15, 0.2) is 30.3 Å². The summed E-state index contributed by atoms with van der Waals surface area (Å²) in [5.41, 5.74) is 0.718. The highest BCUT2D eigenvalue weighted by Crippen LogP contribution is 2.41. The molecule has 1 aromatic carbocycles. The number of halogens is 1. The average molecular weight is 263 g/mol. The molecular weight excluding hydrogens is 245 g/mol. The molecule has 4 heteroatoms. The number of carbonyl (C=O) groups excluding carboxylic acids is 1. The van der Waals surface area contributed by atoms with Gasteiger partial charge in [0, 0.05) is 12.8 Å². The van der Waals surface area contributed by atoms with Crippen molar-refractivity contribution in [1.82, 2.24) is 4.90 Å². The molecule has 2 fully saturated rings. The second-order valence-electron chi connectivity index (χ2n) is 5.51. The van der Waals surface area contributed by atoms with Crippen LogP contribution in [0.1, 0.15) is 24.8 Å². The standard InChI is InChI=1S/C15H18FNO2/c16-13-8-15(7-6-14(18)17(15)9-13)11-19-10-12-4-2-1-3-5-12/h1-5,13H,6-11H2/t13?,15-/m1/s1. The Bertz CT molecular complexity index is 464. The smallest absolute Gasteiger partial charge is 0.223 e. The summed E-state index contributed by atoms with van der Waals surface area (Å²) >= 11 is 0. The van der Waals surface area contributed by atoms with Crippen LogP contribution in [-0.4, -0.2) is 35.7 Å². The summed E-state index contributed by atoms with van der Waals surface area (Å²) in [6.45, 7) is 1.20. The molecule has 3 nitrogen and oxygen atoms in total. The molecule has 2 saturated heterocycles. The Morgan fingerprint density at radius 1 is 1.37 bits per heavy atom. The Morgan fingerprint density at radius 2 is 2.16 bits per heavy atom. The molecule has 2 heterocycles. The van der Waals surface area contributed by atoms with E-state index in [1.54, 1.807) is 4.90 Å². The molecule has 0 aromatic heterocycles. The van der Waals surface area contributed by atoms with Gasteiger partial charge in [-0.1, -0.05) is 30.3 Å². The number of hydrogen-bond donors (Lipinski definition) is 0. The third-order valence-corrected chi connectivity index (χ3v) is 4.14. The van der Waals surface area contributed by atoms with Gasteiger partial charge in [0.05, 0.1) is 25.3 Å². The second kappa shape index (κ2) is 4.93. The van der Waals surface area contributed by atoms with Gasteiger partial charge in [-0.2, -0.15) is 0 Å². The lowest BCUT2D eigenvalue weighted by Gasteiger charge is -2.31. The molecule has 2 aliphatic heterocycles. The fourth-order valence-electron chi connectivity index (χ4n) is 3.20. The van der Waals surface area contributed by atoms with Gasteiger partial charge in [-0.25, -0.2) is 4.39 Å². The first-order valence-corrected chi connectivity index (χ1v) is 6.76. The highest BCUT2D eigenvalue weighted by Gasteiger charge is 2.52. The maximum Gasteiger partial charge on any atom is 0.223 e. The number of ether oxygens (including phenoxy) is 1. The largest absolute Gasteiger partial charge is 0.374 e. The van der Waals surface area contributed by atoms with Crippen molar-refractivity contribution < 1.29 is 13.9 Å². The van der Waals surface area contributed by atoms with Crippen molar-refractivity contribution in [2.75, 3.05) is 13.2 Å². The zero-order valence-electron chi connectivity index (χ0n) is 10.8. The molecule has 0 bridgehead atoms. The van der Waals surface area contributed by atoms with Gasteiger partial charge in [-0.3, -0.25) is 4.79 Å². The number of hydrogen-bond acceptors (Lipinski definition) is 2. The van der Waals surface area contributed by atoms with Gasteiger partial charge < -0.3 is 9.64 Å². The van der Waals surface area contributed by atoms with Crippen molar-refractivity contribution in [2.45, 2.75) is 37.6 Å². The van der Waals surface area contributed by atoms with E-state index in [1.165, 1.54) is 0 Å². The van der Waals surface area contributed by atoms with E-state index >= 15 is 0 Å². The summed E-state index contributed by atoms with van der Waals surface area (Å²) in [6, 6.07) is 9.90. The molecule has 2 atom stereocenters. The number of fused-ring (bicyclic) bond motifs is 1. The molecule has 1 unspecified atom stereocenters. The van der Waals surface area contributed by atoms with Crippen molar-refractivity contribution in [2.24, 2.45) is 0 Å². The number of benzene rings is 1. The van der Waals surface area contributed by atoms with E-state index in [4.69, 9.17) is 4.74 Å². The third kappa shape index (κ3) is 2.37. The van der Waals surface area contributed by atoms with Crippen molar-refractivity contribution in [1.29, 1.82) is 0 Å². The van der Waals surface area contributed by atoms with Crippen LogP contribution in [-0.2, 0) is 16.1 Å². The fraction of sp³-hybridized carbons (Fsp3) is 0.533. The summed E-state index contributed by atoms with van der Waals surface area (Å²) in [7, 11) is 0. The molecule has 0 aliphatic carbocycles. The van der Waals surface area contributed by atoms with E-state index in [-0.39, 0.29) is 18.0 Å². The van der Waals surface area contributed by atoms with Crippen LogP contribution >= 0.6 is 0 Å². The molecule has 0 saturated carbocycles. The molecule has 19 heavy (non-hydrogen) atoms. The highest BCUT2D eigenvalue weighted by atomic mass is 19.1. The maximum absolute atomic E-state index is 13.6. The van der Waals surface area contributed by atoms with Crippen LogP contribution < -0.4 is 0 Å². The zero-order chi connectivity index (χ0) is 13.3. The van der Waals surface area contributed by atoms with Gasteiger partial charge in [0.2, 0.25) is 5.91 Å². The number of carbonyl (C=O) groups is 1. The highest BCUT2D eigenvalue weighted by molar-refractivity contribution is 5.80. The Morgan fingerprint density at radius 3 is 2.95 bits per heavy atom. The summed E-state index contributed by atoms with van der Waals surface area (Å²) in [4.78, 5) is 13.4. The molecule has 1 aromatic rings. The minimum Gasteiger partial charge on any atom is -0.374 e. The number of alkyl halides is 1. The van der Waals surface area contributed by atoms with Gasteiger partial charge in [0.1, 0.15) is 6.17 Å². The van der Waals surface area contributed by atoms with E-state index in [0.717, 1.165) is 12.0 Å². The van der Waals surface area contributed by atoms with Gasteiger partial charge in [-0.15, -0.1) is 0 Å². The lowest BCUT2D eigenvalue weighted by Crippen LogP contribution is -2.44. The molecule has 102 valence electrons. The van der Waals surface area contributed by atoms with Gasteiger partial charge >= 0.3 is 0 Å². The Kier molecular flexibility index (Phi) is 3.27. The first-order chi connectivity index (χ1) is 9.20. The van der Waals surface area contributed by atoms with Crippen molar-refractivity contribution in [3.63, 3.8) is 0 Å². The fourth-order valence-corrected chi connectivity index (χ4v) is 3.20. The lowest BCUT2D eigenvalue weighted by atomic mass is 9.95. The molecule has 3 rings (SSSR count). The van der Waals surface area contributed by atoms with Crippen molar-refractivity contribution >= 4 is 5.91 Å². The molecule has 1 amide bonds. The average Bonchev–Trinajstić information content (AvgIpc) is 2.88. The molecule has 0 radical (unpaired) electrons. The van der Waals surface area contributed by atoms with Crippen LogP contribution in [0.25, 0.3) is 0 Å².